The molecule has 0 saturated heterocycles. The Hall–Kier alpha value is -2.02. The minimum atomic E-state index is -0.557. The van der Waals surface area contributed by atoms with Gasteiger partial charge in [0, 0.05) is 31.5 Å². The normalized spacial score (nSPS) is 10.7. The summed E-state index contributed by atoms with van der Waals surface area (Å²) in [6.07, 6.45) is 0.622. The third kappa shape index (κ3) is 3.11. The lowest BCUT2D eigenvalue weighted by Gasteiger charge is -2.08. The van der Waals surface area contributed by atoms with Crippen LogP contribution in [-0.2, 0) is 13.0 Å². The van der Waals surface area contributed by atoms with Gasteiger partial charge in [-0.1, -0.05) is 0 Å². The molecule has 3 N–H and O–H groups in total. The SMILES string of the molecule is COc1ccc2nc(CCCl)n(CCNC(N)=O)c2n1. The van der Waals surface area contributed by atoms with Crippen molar-refractivity contribution in [2.24, 2.45) is 5.73 Å². The number of nitrogens with one attached hydrogen (secondary N) is 1. The van der Waals surface area contributed by atoms with Crippen LogP contribution in [0, 0.1) is 0 Å². The van der Waals surface area contributed by atoms with Crippen molar-refractivity contribution in [1.29, 1.82) is 0 Å². The number of carbonyl (C=O) groups excluding carboxylic acids is 1. The zero-order chi connectivity index (χ0) is 14.5. The number of amides is 2. The van der Waals surface area contributed by atoms with E-state index in [1.807, 2.05) is 10.6 Å². The van der Waals surface area contributed by atoms with Crippen LogP contribution >= 0.6 is 11.6 Å². The smallest absolute Gasteiger partial charge is 0.312 e. The van der Waals surface area contributed by atoms with Crippen molar-refractivity contribution in [2.45, 2.75) is 13.0 Å². The number of fused-ring (bicyclic) bond motifs is 1. The van der Waals surface area contributed by atoms with E-state index in [1.54, 1.807) is 13.2 Å². The number of methoxy groups -OCH3 is 1. The summed E-state index contributed by atoms with van der Waals surface area (Å²) in [5.41, 5.74) is 6.53. The first-order valence-corrected chi connectivity index (χ1v) is 6.68. The van der Waals surface area contributed by atoms with Gasteiger partial charge in [0.05, 0.1) is 7.11 Å². The van der Waals surface area contributed by atoms with Gasteiger partial charge in [0.25, 0.3) is 0 Å². The van der Waals surface area contributed by atoms with Gasteiger partial charge in [0.2, 0.25) is 5.88 Å². The topological polar surface area (TPSA) is 95.1 Å². The Morgan fingerprint density at radius 2 is 2.30 bits per heavy atom. The maximum absolute atomic E-state index is 10.7. The largest absolute Gasteiger partial charge is 0.481 e. The van der Waals surface area contributed by atoms with Gasteiger partial charge in [0.1, 0.15) is 11.3 Å². The van der Waals surface area contributed by atoms with E-state index in [0.29, 0.717) is 36.9 Å². The molecule has 0 unspecified atom stereocenters. The molecule has 0 bridgehead atoms. The molecule has 20 heavy (non-hydrogen) atoms. The number of imidazole rings is 1. The number of carbonyl (C=O) groups is 1. The van der Waals surface area contributed by atoms with E-state index in [0.717, 1.165) is 11.3 Å². The standard InChI is InChI=1S/C12H16ClN5O2/c1-20-10-3-2-8-11(17-10)18(7-6-15-12(14)19)9(16-8)4-5-13/h2-3H,4-7H2,1H3,(H3,14,15,19). The summed E-state index contributed by atoms with van der Waals surface area (Å²) >= 11 is 5.79. The number of aryl methyl sites for hydroxylation is 1. The molecule has 0 saturated carbocycles. The van der Waals surface area contributed by atoms with Crippen molar-refractivity contribution in [3.05, 3.63) is 18.0 Å². The molecule has 2 aromatic heterocycles. The Kier molecular flexibility index (Phi) is 4.62. The third-order valence-electron chi connectivity index (χ3n) is 2.81. The van der Waals surface area contributed by atoms with Gasteiger partial charge in [-0.15, -0.1) is 11.6 Å². The highest BCUT2D eigenvalue weighted by atomic mass is 35.5. The van der Waals surface area contributed by atoms with Crippen LogP contribution in [0.4, 0.5) is 4.79 Å². The number of hydrogen-bond acceptors (Lipinski definition) is 4. The number of urea groups is 1. The van der Waals surface area contributed by atoms with Crippen LogP contribution in [0.1, 0.15) is 5.82 Å². The second-order valence-electron chi connectivity index (χ2n) is 4.11. The van der Waals surface area contributed by atoms with Crippen molar-refractivity contribution >= 4 is 28.8 Å². The number of primary amides is 1. The maximum atomic E-state index is 10.7. The Bertz CT molecular complexity index is 613. The Morgan fingerprint density at radius 3 is 2.95 bits per heavy atom. The molecule has 0 aliphatic heterocycles. The van der Waals surface area contributed by atoms with Gasteiger partial charge in [0.15, 0.2) is 5.65 Å². The second kappa shape index (κ2) is 6.42. The molecule has 2 aromatic rings. The quantitative estimate of drug-likeness (QED) is 0.774. The highest BCUT2D eigenvalue weighted by Gasteiger charge is 2.12. The van der Waals surface area contributed by atoms with Crippen molar-refractivity contribution in [3.8, 4) is 5.88 Å². The summed E-state index contributed by atoms with van der Waals surface area (Å²) in [6.45, 7) is 0.917. The molecule has 0 radical (unpaired) electrons. The summed E-state index contributed by atoms with van der Waals surface area (Å²) in [7, 11) is 1.56. The molecule has 108 valence electrons. The highest BCUT2D eigenvalue weighted by molar-refractivity contribution is 6.17. The van der Waals surface area contributed by atoms with Crippen LogP contribution in [0.15, 0.2) is 12.1 Å². The highest BCUT2D eigenvalue weighted by Crippen LogP contribution is 2.18. The number of pyridine rings is 1. The van der Waals surface area contributed by atoms with Gasteiger partial charge in [-0.05, 0) is 6.07 Å². The van der Waals surface area contributed by atoms with Crippen LogP contribution in [0.2, 0.25) is 0 Å². The molecule has 0 aliphatic rings. The minimum Gasteiger partial charge on any atom is -0.481 e. The third-order valence-corrected chi connectivity index (χ3v) is 3.00. The van der Waals surface area contributed by atoms with Crippen LogP contribution in [0.3, 0.4) is 0 Å². The lowest BCUT2D eigenvalue weighted by atomic mass is 10.4. The molecule has 0 spiro atoms. The number of ether oxygens (including phenoxy) is 1. The van der Waals surface area contributed by atoms with E-state index >= 15 is 0 Å². The monoisotopic (exact) mass is 297 g/mol. The van der Waals surface area contributed by atoms with Crippen LogP contribution < -0.4 is 15.8 Å². The van der Waals surface area contributed by atoms with Crippen LogP contribution in [0.25, 0.3) is 11.2 Å². The van der Waals surface area contributed by atoms with E-state index in [1.165, 1.54) is 0 Å². The fourth-order valence-electron chi connectivity index (χ4n) is 1.95. The fraction of sp³-hybridized carbons (Fsp3) is 0.417. The van der Waals surface area contributed by atoms with E-state index in [4.69, 9.17) is 22.1 Å². The first-order chi connectivity index (χ1) is 9.65. The van der Waals surface area contributed by atoms with Crippen molar-refractivity contribution < 1.29 is 9.53 Å². The lowest BCUT2D eigenvalue weighted by molar-refractivity contribution is 0.248. The summed E-state index contributed by atoms with van der Waals surface area (Å²) in [4.78, 5) is 19.6. The van der Waals surface area contributed by atoms with E-state index in [2.05, 4.69) is 15.3 Å². The number of hydrogen-bond donors (Lipinski definition) is 2. The number of alkyl halides is 1. The fourth-order valence-corrected chi connectivity index (χ4v) is 2.12. The molecule has 0 aliphatic carbocycles. The zero-order valence-electron chi connectivity index (χ0n) is 11.1. The number of nitrogens with zero attached hydrogens (tertiary/aromatic N) is 3. The summed E-state index contributed by atoms with van der Waals surface area (Å²) < 4.78 is 7.03. The van der Waals surface area contributed by atoms with Gasteiger partial charge >= 0.3 is 6.03 Å². The van der Waals surface area contributed by atoms with Gasteiger partial charge in [-0.25, -0.2) is 9.78 Å². The first kappa shape index (κ1) is 14.4. The molecule has 2 rings (SSSR count). The average molecular weight is 298 g/mol. The van der Waals surface area contributed by atoms with Crippen LogP contribution in [0.5, 0.6) is 5.88 Å². The van der Waals surface area contributed by atoms with Crippen molar-refractivity contribution in [1.82, 2.24) is 19.9 Å². The van der Waals surface area contributed by atoms with Crippen molar-refractivity contribution in [2.75, 3.05) is 19.5 Å². The Labute approximate surface area is 121 Å². The Balaban J connectivity index is 2.35. The molecule has 8 heteroatoms. The predicted octanol–water partition coefficient (Wildman–Crippen LogP) is 0.889. The minimum absolute atomic E-state index is 0.398. The van der Waals surface area contributed by atoms with E-state index < -0.39 is 6.03 Å². The summed E-state index contributed by atoms with van der Waals surface area (Å²) in [5.74, 6) is 1.80. The molecular weight excluding hydrogens is 282 g/mol. The number of aromatic nitrogens is 3. The van der Waals surface area contributed by atoms with Gasteiger partial charge < -0.3 is 20.4 Å². The predicted molar refractivity (Wildman–Crippen MR) is 76.1 cm³/mol. The molecular formula is C12H16ClN5O2. The molecule has 0 fully saturated rings. The molecule has 0 aromatic carbocycles. The Morgan fingerprint density at radius 1 is 1.50 bits per heavy atom. The number of halogens is 1. The molecule has 0 atom stereocenters. The van der Waals surface area contributed by atoms with Gasteiger partial charge in [-0.3, -0.25) is 0 Å². The summed E-state index contributed by atoms with van der Waals surface area (Å²) in [6, 6.07) is 3.04. The van der Waals surface area contributed by atoms with Gasteiger partial charge in [-0.2, -0.15) is 4.98 Å². The maximum Gasteiger partial charge on any atom is 0.312 e. The molecule has 2 amide bonds. The van der Waals surface area contributed by atoms with E-state index in [9.17, 15) is 4.79 Å². The second-order valence-corrected chi connectivity index (χ2v) is 4.48. The number of nitrogens with two attached hydrogens (primary N) is 1. The molecule has 2 heterocycles. The van der Waals surface area contributed by atoms with E-state index in [-0.39, 0.29) is 0 Å². The van der Waals surface area contributed by atoms with Crippen molar-refractivity contribution in [3.63, 3.8) is 0 Å². The summed E-state index contributed by atoms with van der Waals surface area (Å²) in [5, 5.41) is 2.54. The first-order valence-electron chi connectivity index (χ1n) is 6.15. The number of rotatable bonds is 6. The lowest BCUT2D eigenvalue weighted by Crippen LogP contribution is -2.32. The molecule has 7 nitrogen and oxygen atoms in total. The average Bonchev–Trinajstić information content (AvgIpc) is 2.76. The van der Waals surface area contributed by atoms with Crippen LogP contribution in [-0.4, -0.2) is 40.1 Å². The zero-order valence-corrected chi connectivity index (χ0v) is 11.9.